The van der Waals surface area contributed by atoms with Gasteiger partial charge in [-0.25, -0.2) is 4.79 Å². The molecule has 2 aliphatic heterocycles. The molecule has 0 spiro atoms. The number of cyclic esters (lactones) is 2. The van der Waals surface area contributed by atoms with E-state index in [4.69, 9.17) is 33.2 Å². The third-order valence-corrected chi connectivity index (χ3v) is 23.0. The molecule has 11 rings (SSSR count). The predicted octanol–water partition coefficient (Wildman–Crippen LogP) is 14.8. The molecule has 11 fully saturated rings. The number of carbonyl (C=O) groups excluding carboxylic acids is 7. The fraction of sp³-hybridized carbons (Fsp3) is 0.900. The topological polar surface area (TPSA) is 204 Å². The summed E-state index contributed by atoms with van der Waals surface area (Å²) in [4.78, 5) is 83.0. The standard InChI is InChI=1S/C17H28O2.C16H26O3.C14H26O2.C13H22O4.C10H16O4/c1-5-16(2,3)15(18)19-17(4)13-7-11-6-12(9-13)10-14(17)8-11;1-4-14(2,3)13(17)19-16-8-11-5-12(9-16)7-15(18,6-11)10-16;1-6-13(2,3)12(15)16-14(4,5)11-9-7-8-10-11;1-7-12(4,5)11(15)17-13(6)8(2)10(14)16-9(13)3;1-4-10(2,3)9(12)14-7-5-6-13-8(7)11/h11-14H,5-10H2,1-4H3;11-12,18H,4-10H2,1-3H3;11H,6-10H2,1-5H3;8-9H,7H2,1-6H3;7H,4-6H2,1-3H3. The van der Waals surface area contributed by atoms with Crippen molar-refractivity contribution in [2.24, 2.45) is 74.4 Å². The van der Waals surface area contributed by atoms with E-state index in [-0.39, 0.29) is 63.4 Å². The number of hydrogen-bond donors (Lipinski definition) is 1. The van der Waals surface area contributed by atoms with E-state index in [1.54, 1.807) is 34.6 Å². The Morgan fingerprint density at radius 3 is 1.31 bits per heavy atom. The molecule has 8 bridgehead atoms. The van der Waals surface area contributed by atoms with Crippen LogP contribution in [0.3, 0.4) is 0 Å². The van der Waals surface area contributed by atoms with Crippen molar-refractivity contribution in [3.05, 3.63) is 0 Å². The number of hydrogen-bond acceptors (Lipinski definition) is 15. The number of esters is 7. The first kappa shape index (κ1) is 72.0. The third kappa shape index (κ3) is 17.0. The van der Waals surface area contributed by atoms with Crippen molar-refractivity contribution in [1.82, 2.24) is 0 Å². The van der Waals surface area contributed by atoms with Gasteiger partial charge in [0.25, 0.3) is 0 Å². The van der Waals surface area contributed by atoms with Crippen LogP contribution in [0.1, 0.15) is 280 Å². The highest BCUT2D eigenvalue weighted by Crippen LogP contribution is 2.61. The second-order valence-electron chi connectivity index (χ2n) is 32.0. The van der Waals surface area contributed by atoms with Gasteiger partial charge < -0.3 is 38.3 Å². The number of rotatable bonds is 16. The summed E-state index contributed by atoms with van der Waals surface area (Å²) < 4.78 is 38.3. The Morgan fingerprint density at radius 2 is 0.918 bits per heavy atom. The second-order valence-corrected chi connectivity index (χ2v) is 32.0. The summed E-state index contributed by atoms with van der Waals surface area (Å²) >= 11 is 0. The zero-order valence-electron chi connectivity index (χ0n) is 57.0. The summed E-state index contributed by atoms with van der Waals surface area (Å²) in [6, 6.07) is 0. The highest BCUT2D eigenvalue weighted by atomic mass is 16.6. The second kappa shape index (κ2) is 27.2. The van der Waals surface area contributed by atoms with E-state index < -0.39 is 51.5 Å². The lowest BCUT2D eigenvalue weighted by molar-refractivity contribution is -0.225. The highest BCUT2D eigenvalue weighted by Gasteiger charge is 2.61. The molecule has 9 saturated carbocycles. The van der Waals surface area contributed by atoms with Crippen molar-refractivity contribution in [2.45, 2.75) is 320 Å². The summed E-state index contributed by atoms with van der Waals surface area (Å²) in [6.07, 6.45) is 20.5. The van der Waals surface area contributed by atoms with Gasteiger partial charge >= 0.3 is 41.8 Å². The first-order valence-electron chi connectivity index (χ1n) is 33.3. The normalized spacial score (nSPS) is 33.7. The van der Waals surface area contributed by atoms with Crippen molar-refractivity contribution >= 4 is 41.8 Å². The SMILES string of the molecule is CCC(C)(C)C(=O)OC(C)(C)C1CCCC1.CCC(C)(C)C(=O)OC1(C)C(C)OC(=O)C1C.CCC(C)(C)C(=O)OC1(C)C2CC3CC(C2)CC1C3.CCC(C)(C)C(=O)OC12CC3CC(CC(O)(C3)C1)C2.CCC(C)(C)C(=O)OC1CCOC1=O. The largest absolute Gasteiger partial charge is 0.463 e. The molecule has 6 unspecified atom stereocenters. The Balaban J connectivity index is 0.000000195. The average Bonchev–Trinajstić information content (AvgIpc) is 2.44. The van der Waals surface area contributed by atoms with Gasteiger partial charge in [-0.05, 0) is 261 Å². The Hall–Kier alpha value is -3.75. The lowest BCUT2D eigenvalue weighted by Crippen LogP contribution is -2.61. The van der Waals surface area contributed by atoms with Gasteiger partial charge in [0, 0.05) is 12.8 Å². The molecule has 0 amide bonds. The van der Waals surface area contributed by atoms with Gasteiger partial charge in [-0.1, -0.05) is 47.5 Å². The summed E-state index contributed by atoms with van der Waals surface area (Å²) in [5.41, 5.74) is -4.39. The van der Waals surface area contributed by atoms with Crippen LogP contribution < -0.4 is 0 Å². The molecule has 6 atom stereocenters. The van der Waals surface area contributed by atoms with Crippen LogP contribution in [0.5, 0.6) is 0 Å². The molecule has 15 heteroatoms. The molecule has 2 saturated heterocycles. The van der Waals surface area contributed by atoms with E-state index in [2.05, 4.69) is 27.7 Å². The summed E-state index contributed by atoms with van der Waals surface area (Å²) in [5, 5.41) is 10.6. The molecule has 0 aromatic carbocycles. The number of carbonyl (C=O) groups is 7. The lowest BCUT2D eigenvalue weighted by Gasteiger charge is -2.59. The minimum absolute atomic E-state index is 0.0185. The van der Waals surface area contributed by atoms with Crippen LogP contribution >= 0.6 is 0 Å². The van der Waals surface area contributed by atoms with E-state index in [1.807, 2.05) is 83.1 Å². The van der Waals surface area contributed by atoms with Gasteiger partial charge in [0.2, 0.25) is 6.10 Å². The van der Waals surface area contributed by atoms with Gasteiger partial charge in [-0.3, -0.25) is 28.8 Å². The van der Waals surface area contributed by atoms with E-state index >= 15 is 0 Å². The fourth-order valence-corrected chi connectivity index (χ4v) is 14.4. The molecule has 1 N–H and O–H groups in total. The monoisotopic (exact) mass is 1200 g/mol. The molecule has 9 aliphatic carbocycles. The minimum Gasteiger partial charge on any atom is -0.463 e. The Bertz CT molecular complexity index is 2310. The predicted molar refractivity (Wildman–Crippen MR) is 327 cm³/mol. The molecular weight excluding hydrogens is 1080 g/mol. The van der Waals surface area contributed by atoms with Crippen molar-refractivity contribution in [1.29, 1.82) is 0 Å². The Morgan fingerprint density at radius 1 is 0.518 bits per heavy atom. The van der Waals surface area contributed by atoms with Crippen LogP contribution in [0.2, 0.25) is 0 Å². The van der Waals surface area contributed by atoms with Gasteiger partial charge in [0.1, 0.15) is 22.9 Å². The minimum atomic E-state index is -0.861. The highest BCUT2D eigenvalue weighted by molar-refractivity contribution is 5.83. The van der Waals surface area contributed by atoms with Crippen LogP contribution in [0.25, 0.3) is 0 Å². The first-order valence-corrected chi connectivity index (χ1v) is 33.3. The maximum absolute atomic E-state index is 12.5. The Kier molecular flexibility index (Phi) is 23.0. The zero-order chi connectivity index (χ0) is 64.3. The molecule has 11 aliphatic rings. The van der Waals surface area contributed by atoms with Crippen molar-refractivity contribution in [3.8, 4) is 0 Å². The zero-order valence-corrected chi connectivity index (χ0v) is 57.0. The maximum Gasteiger partial charge on any atom is 0.347 e. The third-order valence-electron chi connectivity index (χ3n) is 23.0. The van der Waals surface area contributed by atoms with Crippen LogP contribution in [-0.2, 0) is 66.7 Å². The molecule has 2 heterocycles. The van der Waals surface area contributed by atoms with E-state index in [9.17, 15) is 38.7 Å². The van der Waals surface area contributed by atoms with Gasteiger partial charge in [0.15, 0.2) is 5.60 Å². The number of aliphatic hydroxyl groups is 1. The van der Waals surface area contributed by atoms with Crippen LogP contribution in [-0.4, -0.2) is 93.7 Å². The van der Waals surface area contributed by atoms with Crippen molar-refractivity contribution in [2.75, 3.05) is 6.61 Å². The van der Waals surface area contributed by atoms with Crippen molar-refractivity contribution in [3.63, 3.8) is 0 Å². The van der Waals surface area contributed by atoms with Gasteiger partial charge in [0.05, 0.1) is 45.2 Å². The quantitative estimate of drug-likeness (QED) is 0.113. The smallest absolute Gasteiger partial charge is 0.347 e. The van der Waals surface area contributed by atoms with E-state index in [1.165, 1.54) is 64.2 Å². The molecule has 488 valence electrons. The molecule has 15 nitrogen and oxygen atoms in total. The summed E-state index contributed by atoms with van der Waals surface area (Å²) in [5.74, 6) is 2.89. The van der Waals surface area contributed by atoms with Crippen molar-refractivity contribution < 1.29 is 71.8 Å². The Labute approximate surface area is 513 Å². The van der Waals surface area contributed by atoms with Crippen LogP contribution in [0, 0.1) is 74.4 Å². The van der Waals surface area contributed by atoms with E-state index in [0.717, 1.165) is 56.8 Å². The summed E-state index contributed by atoms with van der Waals surface area (Å²) in [7, 11) is 0. The van der Waals surface area contributed by atoms with Crippen LogP contribution in [0.4, 0.5) is 0 Å². The first-order chi connectivity index (χ1) is 39.0. The van der Waals surface area contributed by atoms with Gasteiger partial charge in [-0.2, -0.15) is 0 Å². The van der Waals surface area contributed by atoms with Gasteiger partial charge in [-0.15, -0.1) is 0 Å². The molecular formula is C70H118O15. The average molecular weight is 1200 g/mol. The molecule has 0 radical (unpaired) electrons. The fourth-order valence-electron chi connectivity index (χ4n) is 14.4. The molecule has 0 aromatic heterocycles. The molecule has 85 heavy (non-hydrogen) atoms. The van der Waals surface area contributed by atoms with Crippen LogP contribution in [0.15, 0.2) is 0 Å². The maximum atomic E-state index is 12.5. The summed E-state index contributed by atoms with van der Waals surface area (Å²) in [6.45, 7) is 41.0. The molecule has 0 aromatic rings. The number of ether oxygens (including phenoxy) is 7. The lowest BCUT2D eigenvalue weighted by atomic mass is 9.50. The van der Waals surface area contributed by atoms with E-state index in [0.29, 0.717) is 61.9 Å².